The lowest BCUT2D eigenvalue weighted by Crippen LogP contribution is -2.49. The smallest absolute Gasteiger partial charge is 0.191 e. The van der Waals surface area contributed by atoms with Crippen LogP contribution in [0.1, 0.15) is 19.3 Å². The molecule has 0 atom stereocenters. The first-order valence-corrected chi connectivity index (χ1v) is 8.97. The van der Waals surface area contributed by atoms with Gasteiger partial charge in [-0.05, 0) is 57.4 Å². The summed E-state index contributed by atoms with van der Waals surface area (Å²) in [4.78, 5) is 9.03. The number of anilines is 1. The first-order chi connectivity index (χ1) is 10.7. The monoisotopic (exact) mass is 323 g/mol. The normalized spacial score (nSPS) is 17.1. The van der Waals surface area contributed by atoms with Crippen LogP contribution in [0.5, 0.6) is 0 Å². The molecular formula is C16H29N5S. The summed E-state index contributed by atoms with van der Waals surface area (Å²) < 4.78 is 0. The first-order valence-electron chi connectivity index (χ1n) is 8.09. The van der Waals surface area contributed by atoms with Crippen molar-refractivity contribution in [3.63, 3.8) is 0 Å². The summed E-state index contributed by atoms with van der Waals surface area (Å²) in [6, 6.07) is 4.87. The number of guanidine groups is 1. The van der Waals surface area contributed by atoms with E-state index >= 15 is 0 Å². The molecule has 1 aliphatic rings. The molecule has 0 saturated carbocycles. The zero-order chi connectivity index (χ0) is 15.8. The fourth-order valence-electron chi connectivity index (χ4n) is 2.68. The third-order valence-electron chi connectivity index (χ3n) is 3.95. The van der Waals surface area contributed by atoms with Gasteiger partial charge in [0.05, 0.1) is 5.00 Å². The molecule has 0 bridgehead atoms. The van der Waals surface area contributed by atoms with E-state index < -0.39 is 0 Å². The molecule has 1 aliphatic heterocycles. The van der Waals surface area contributed by atoms with Crippen LogP contribution < -0.4 is 15.5 Å². The summed E-state index contributed by atoms with van der Waals surface area (Å²) in [5, 5.41) is 10.5. The molecule has 0 radical (unpaired) electrons. The number of rotatable bonds is 6. The zero-order valence-electron chi connectivity index (χ0n) is 14.0. The highest BCUT2D eigenvalue weighted by Crippen LogP contribution is 2.24. The lowest BCUT2D eigenvalue weighted by atomic mass is 10.1. The van der Waals surface area contributed by atoms with Gasteiger partial charge in [-0.3, -0.25) is 4.99 Å². The maximum atomic E-state index is 4.34. The van der Waals surface area contributed by atoms with E-state index in [1.54, 1.807) is 0 Å². The Morgan fingerprint density at radius 1 is 1.41 bits per heavy atom. The Labute approximate surface area is 138 Å². The van der Waals surface area contributed by atoms with Crippen molar-refractivity contribution < 1.29 is 0 Å². The second-order valence-electron chi connectivity index (χ2n) is 6.01. The molecule has 0 spiro atoms. The Balaban J connectivity index is 1.67. The standard InChI is InChI=1S/C16H29N5S/c1-17-16(18-9-5-10-20(2)3)19-14-7-11-21(12-8-14)15-6-4-13-22-15/h4,6,13-14H,5,7-12H2,1-3H3,(H2,17,18,19). The molecule has 2 N–H and O–H groups in total. The molecular weight excluding hydrogens is 294 g/mol. The second-order valence-corrected chi connectivity index (χ2v) is 6.94. The van der Waals surface area contributed by atoms with Crippen molar-refractivity contribution in [1.29, 1.82) is 0 Å². The summed E-state index contributed by atoms with van der Waals surface area (Å²) in [6.45, 7) is 4.31. The number of hydrogen-bond donors (Lipinski definition) is 2. The third kappa shape index (κ3) is 5.50. The average Bonchev–Trinajstić information content (AvgIpc) is 3.05. The number of piperidine rings is 1. The van der Waals surface area contributed by atoms with E-state index in [0.717, 1.165) is 51.4 Å². The van der Waals surface area contributed by atoms with Gasteiger partial charge in [0.1, 0.15) is 0 Å². The maximum absolute atomic E-state index is 4.34. The largest absolute Gasteiger partial charge is 0.363 e. The van der Waals surface area contributed by atoms with Crippen LogP contribution in [0.25, 0.3) is 0 Å². The Kier molecular flexibility index (Phi) is 6.99. The Morgan fingerprint density at radius 2 is 2.18 bits per heavy atom. The molecule has 1 saturated heterocycles. The van der Waals surface area contributed by atoms with Crippen LogP contribution >= 0.6 is 11.3 Å². The van der Waals surface area contributed by atoms with Gasteiger partial charge in [0.25, 0.3) is 0 Å². The summed E-state index contributed by atoms with van der Waals surface area (Å²) in [5.41, 5.74) is 0. The molecule has 2 heterocycles. The molecule has 0 unspecified atom stereocenters. The number of nitrogens with zero attached hydrogens (tertiary/aromatic N) is 3. The van der Waals surface area contributed by atoms with Crippen LogP contribution in [0.15, 0.2) is 22.5 Å². The van der Waals surface area contributed by atoms with Gasteiger partial charge in [0.2, 0.25) is 0 Å². The minimum atomic E-state index is 0.524. The third-order valence-corrected chi connectivity index (χ3v) is 4.88. The van der Waals surface area contributed by atoms with Crippen LogP contribution in [-0.4, -0.2) is 64.2 Å². The molecule has 2 rings (SSSR count). The van der Waals surface area contributed by atoms with Gasteiger partial charge in [0.15, 0.2) is 5.96 Å². The molecule has 1 aromatic heterocycles. The summed E-state index contributed by atoms with van der Waals surface area (Å²) in [6.07, 6.45) is 3.46. The predicted octanol–water partition coefficient (Wildman–Crippen LogP) is 1.83. The highest BCUT2D eigenvalue weighted by molar-refractivity contribution is 7.14. The Morgan fingerprint density at radius 3 is 2.77 bits per heavy atom. The SMILES string of the molecule is CN=C(NCCCN(C)C)NC1CCN(c2cccs2)CC1. The minimum absolute atomic E-state index is 0.524. The number of thiophene rings is 1. The van der Waals surface area contributed by atoms with Gasteiger partial charge in [-0.15, -0.1) is 11.3 Å². The van der Waals surface area contributed by atoms with Crippen LogP contribution in [-0.2, 0) is 0 Å². The average molecular weight is 324 g/mol. The molecule has 5 nitrogen and oxygen atoms in total. The number of hydrogen-bond acceptors (Lipinski definition) is 4. The van der Waals surface area contributed by atoms with E-state index in [4.69, 9.17) is 0 Å². The molecule has 0 aromatic carbocycles. The van der Waals surface area contributed by atoms with Crippen LogP contribution in [0.2, 0.25) is 0 Å². The molecule has 0 aliphatic carbocycles. The number of nitrogens with one attached hydrogen (secondary N) is 2. The lowest BCUT2D eigenvalue weighted by Gasteiger charge is -2.33. The van der Waals surface area contributed by atoms with Crippen LogP contribution in [0.3, 0.4) is 0 Å². The fraction of sp³-hybridized carbons (Fsp3) is 0.688. The van der Waals surface area contributed by atoms with Crippen molar-refractivity contribution in [3.05, 3.63) is 17.5 Å². The predicted molar refractivity (Wildman–Crippen MR) is 97.2 cm³/mol. The molecule has 1 aromatic rings. The zero-order valence-corrected chi connectivity index (χ0v) is 14.8. The van der Waals surface area contributed by atoms with Crippen molar-refractivity contribution in [3.8, 4) is 0 Å². The van der Waals surface area contributed by atoms with Gasteiger partial charge in [-0.2, -0.15) is 0 Å². The molecule has 0 amide bonds. The topological polar surface area (TPSA) is 42.9 Å². The highest BCUT2D eigenvalue weighted by Gasteiger charge is 2.20. The van der Waals surface area contributed by atoms with E-state index in [1.807, 2.05) is 18.4 Å². The van der Waals surface area contributed by atoms with E-state index in [-0.39, 0.29) is 0 Å². The van der Waals surface area contributed by atoms with E-state index in [1.165, 1.54) is 5.00 Å². The summed E-state index contributed by atoms with van der Waals surface area (Å²) in [5.74, 6) is 0.938. The number of aliphatic imine (C=N–C) groups is 1. The molecule has 1 fully saturated rings. The highest BCUT2D eigenvalue weighted by atomic mass is 32.1. The first kappa shape index (κ1) is 17.1. The quantitative estimate of drug-likeness (QED) is 0.476. The van der Waals surface area contributed by atoms with Crippen molar-refractivity contribution in [2.45, 2.75) is 25.3 Å². The van der Waals surface area contributed by atoms with Gasteiger partial charge in [-0.1, -0.05) is 0 Å². The molecule has 22 heavy (non-hydrogen) atoms. The van der Waals surface area contributed by atoms with Gasteiger partial charge in [-0.25, -0.2) is 0 Å². The molecule has 6 heteroatoms. The summed E-state index contributed by atoms with van der Waals surface area (Å²) >= 11 is 1.83. The molecule has 124 valence electrons. The second kappa shape index (κ2) is 9.00. The van der Waals surface area contributed by atoms with Gasteiger partial charge >= 0.3 is 0 Å². The van der Waals surface area contributed by atoms with E-state index in [2.05, 4.69) is 57.0 Å². The van der Waals surface area contributed by atoms with Gasteiger partial charge < -0.3 is 20.4 Å². The van der Waals surface area contributed by atoms with Crippen LogP contribution in [0.4, 0.5) is 5.00 Å². The van der Waals surface area contributed by atoms with E-state index in [9.17, 15) is 0 Å². The van der Waals surface area contributed by atoms with E-state index in [0.29, 0.717) is 6.04 Å². The Bertz CT molecular complexity index is 435. The lowest BCUT2D eigenvalue weighted by molar-refractivity contribution is 0.398. The minimum Gasteiger partial charge on any atom is -0.363 e. The van der Waals surface area contributed by atoms with Crippen molar-refractivity contribution in [2.24, 2.45) is 4.99 Å². The van der Waals surface area contributed by atoms with Crippen molar-refractivity contribution >= 4 is 22.3 Å². The summed E-state index contributed by atoms with van der Waals surface area (Å²) in [7, 11) is 6.06. The Hall–Kier alpha value is -1.27. The fourth-order valence-corrected chi connectivity index (χ4v) is 3.47. The maximum Gasteiger partial charge on any atom is 0.191 e. The van der Waals surface area contributed by atoms with Gasteiger partial charge in [0, 0.05) is 32.7 Å². The van der Waals surface area contributed by atoms with Crippen molar-refractivity contribution in [2.75, 3.05) is 52.2 Å². The van der Waals surface area contributed by atoms with Crippen molar-refractivity contribution in [1.82, 2.24) is 15.5 Å². The van der Waals surface area contributed by atoms with Crippen LogP contribution in [0, 0.1) is 0 Å².